The third-order valence-electron chi connectivity index (χ3n) is 2.70. The Kier molecular flexibility index (Phi) is 4.09. The fourth-order valence-electron chi connectivity index (χ4n) is 1.78. The van der Waals surface area contributed by atoms with Gasteiger partial charge >= 0.3 is 0 Å². The Morgan fingerprint density at radius 1 is 1.20 bits per heavy atom. The molecule has 1 aromatic carbocycles. The van der Waals surface area contributed by atoms with E-state index in [2.05, 4.69) is 4.98 Å². The molecule has 2 aromatic rings. The van der Waals surface area contributed by atoms with Crippen LogP contribution in [0.5, 0.6) is 0 Å². The molecular formula is C14H9ClF3NO. The van der Waals surface area contributed by atoms with Crippen molar-refractivity contribution in [3.63, 3.8) is 0 Å². The van der Waals surface area contributed by atoms with E-state index in [9.17, 15) is 18.0 Å². The number of benzene rings is 1. The highest BCUT2D eigenvalue weighted by Gasteiger charge is 2.19. The largest absolute Gasteiger partial charge is 0.300 e. The first-order chi connectivity index (χ1) is 9.41. The molecule has 0 aliphatic heterocycles. The van der Waals surface area contributed by atoms with Crippen LogP contribution in [0.1, 0.15) is 12.5 Å². The van der Waals surface area contributed by atoms with Crippen molar-refractivity contribution in [3.8, 4) is 11.3 Å². The van der Waals surface area contributed by atoms with Crippen LogP contribution in [-0.4, -0.2) is 10.8 Å². The number of carbonyl (C=O) groups is 1. The molecule has 1 aromatic heterocycles. The van der Waals surface area contributed by atoms with Crippen LogP contribution in [0, 0.1) is 17.5 Å². The van der Waals surface area contributed by atoms with Crippen LogP contribution in [0.25, 0.3) is 11.3 Å². The lowest BCUT2D eigenvalue weighted by Gasteiger charge is -2.08. The van der Waals surface area contributed by atoms with Gasteiger partial charge in [0.25, 0.3) is 0 Å². The van der Waals surface area contributed by atoms with E-state index in [1.165, 1.54) is 19.2 Å². The minimum Gasteiger partial charge on any atom is -0.300 e. The van der Waals surface area contributed by atoms with E-state index in [-0.39, 0.29) is 29.0 Å². The average Bonchev–Trinajstić information content (AvgIpc) is 2.39. The molecule has 0 radical (unpaired) electrons. The van der Waals surface area contributed by atoms with Gasteiger partial charge in [-0.3, -0.25) is 9.78 Å². The van der Waals surface area contributed by atoms with Crippen LogP contribution in [0.2, 0.25) is 5.02 Å². The number of pyridine rings is 1. The average molecular weight is 300 g/mol. The van der Waals surface area contributed by atoms with Crippen molar-refractivity contribution in [1.29, 1.82) is 0 Å². The highest BCUT2D eigenvalue weighted by molar-refractivity contribution is 6.31. The van der Waals surface area contributed by atoms with Crippen molar-refractivity contribution < 1.29 is 18.0 Å². The molecule has 1 heterocycles. The predicted octanol–water partition coefficient (Wildman–Crippen LogP) is 3.95. The minimum atomic E-state index is -1.09. The van der Waals surface area contributed by atoms with Gasteiger partial charge in [0.1, 0.15) is 22.3 Å². The summed E-state index contributed by atoms with van der Waals surface area (Å²) in [6.45, 7) is 1.31. The molecule has 0 atom stereocenters. The highest BCUT2D eigenvalue weighted by atomic mass is 35.5. The third kappa shape index (κ3) is 2.67. The Hall–Kier alpha value is -1.88. The van der Waals surface area contributed by atoms with E-state index < -0.39 is 22.5 Å². The summed E-state index contributed by atoms with van der Waals surface area (Å²) in [6.07, 6.45) is 1.13. The van der Waals surface area contributed by atoms with Gasteiger partial charge in [0.05, 0.1) is 0 Å². The second-order valence-electron chi connectivity index (χ2n) is 4.23. The van der Waals surface area contributed by atoms with Crippen molar-refractivity contribution in [2.45, 2.75) is 13.3 Å². The maximum absolute atomic E-state index is 14.2. The first kappa shape index (κ1) is 14.5. The van der Waals surface area contributed by atoms with Gasteiger partial charge in [-0.25, -0.2) is 13.2 Å². The van der Waals surface area contributed by atoms with Crippen LogP contribution < -0.4 is 0 Å². The Morgan fingerprint density at radius 3 is 2.55 bits per heavy atom. The molecule has 0 spiro atoms. The molecule has 2 rings (SSSR count). The van der Waals surface area contributed by atoms with Gasteiger partial charge < -0.3 is 0 Å². The molecule has 104 valence electrons. The number of aromatic nitrogens is 1. The second-order valence-corrected chi connectivity index (χ2v) is 4.61. The summed E-state index contributed by atoms with van der Waals surface area (Å²) in [5.74, 6) is -3.07. The highest BCUT2D eigenvalue weighted by Crippen LogP contribution is 2.30. The molecule has 0 fully saturated rings. The van der Waals surface area contributed by atoms with Gasteiger partial charge in [-0.1, -0.05) is 11.6 Å². The molecule has 20 heavy (non-hydrogen) atoms. The third-order valence-corrected chi connectivity index (χ3v) is 3.05. The summed E-state index contributed by atoms with van der Waals surface area (Å²) in [6, 6.07) is 3.32. The maximum Gasteiger partial charge on any atom is 0.154 e. The lowest BCUT2D eigenvalue weighted by atomic mass is 10.0. The molecule has 0 unspecified atom stereocenters. The van der Waals surface area contributed by atoms with E-state index in [4.69, 9.17) is 11.6 Å². The molecule has 6 heteroatoms. The standard InChI is InChI=1S/C14H9ClF3NO/c1-7(20)6-8-4-5-19-14(12(8)17)9-2-3-10(16)11(15)13(9)18/h2-5H,6H2,1H3. The molecular weight excluding hydrogens is 291 g/mol. The summed E-state index contributed by atoms with van der Waals surface area (Å²) in [7, 11) is 0. The van der Waals surface area contributed by atoms with Gasteiger partial charge in [-0.05, 0) is 30.7 Å². The molecule has 0 bridgehead atoms. The van der Waals surface area contributed by atoms with E-state index >= 15 is 0 Å². The van der Waals surface area contributed by atoms with Crippen molar-refractivity contribution in [3.05, 3.63) is 52.4 Å². The number of rotatable bonds is 3. The molecule has 0 aliphatic carbocycles. The van der Waals surface area contributed by atoms with Crippen molar-refractivity contribution in [1.82, 2.24) is 4.98 Å². The monoisotopic (exact) mass is 299 g/mol. The van der Waals surface area contributed by atoms with Gasteiger partial charge in [0, 0.05) is 18.2 Å². The summed E-state index contributed by atoms with van der Waals surface area (Å²) in [4.78, 5) is 14.8. The SMILES string of the molecule is CC(=O)Cc1ccnc(-c2ccc(F)c(Cl)c2F)c1F. The van der Waals surface area contributed by atoms with Crippen molar-refractivity contribution in [2.24, 2.45) is 0 Å². The second kappa shape index (κ2) is 5.63. The number of nitrogens with zero attached hydrogens (tertiary/aromatic N) is 1. The Bertz CT molecular complexity index is 688. The zero-order valence-corrected chi connectivity index (χ0v) is 11.1. The zero-order valence-electron chi connectivity index (χ0n) is 10.4. The van der Waals surface area contributed by atoms with Crippen molar-refractivity contribution >= 4 is 17.4 Å². The maximum atomic E-state index is 14.2. The number of carbonyl (C=O) groups excluding carboxylic acids is 1. The molecule has 0 aliphatic rings. The fraction of sp³-hybridized carbons (Fsp3) is 0.143. The quantitative estimate of drug-likeness (QED) is 0.803. The molecule has 0 saturated carbocycles. The Morgan fingerprint density at radius 2 is 1.90 bits per heavy atom. The van der Waals surface area contributed by atoms with Crippen LogP contribution >= 0.6 is 11.6 Å². The lowest BCUT2D eigenvalue weighted by Crippen LogP contribution is -2.03. The minimum absolute atomic E-state index is 0.0994. The summed E-state index contributed by atoms with van der Waals surface area (Å²) >= 11 is 5.45. The Labute approximate surface area is 118 Å². The van der Waals surface area contributed by atoms with E-state index in [0.29, 0.717) is 0 Å². The van der Waals surface area contributed by atoms with Crippen LogP contribution in [-0.2, 0) is 11.2 Å². The molecule has 0 amide bonds. The van der Waals surface area contributed by atoms with Crippen LogP contribution in [0.3, 0.4) is 0 Å². The topological polar surface area (TPSA) is 30.0 Å². The predicted molar refractivity (Wildman–Crippen MR) is 68.9 cm³/mol. The molecule has 0 saturated heterocycles. The first-order valence-electron chi connectivity index (χ1n) is 5.68. The number of hydrogen-bond donors (Lipinski definition) is 0. The van der Waals surface area contributed by atoms with E-state index in [0.717, 1.165) is 12.1 Å². The summed E-state index contributed by atoms with van der Waals surface area (Å²) in [5.41, 5.74) is -0.454. The smallest absolute Gasteiger partial charge is 0.154 e. The number of Topliss-reactive ketones (excluding diaryl/α,β-unsaturated/α-hetero) is 1. The normalized spacial score (nSPS) is 10.7. The molecule has 2 nitrogen and oxygen atoms in total. The van der Waals surface area contributed by atoms with Crippen LogP contribution in [0.4, 0.5) is 13.2 Å². The van der Waals surface area contributed by atoms with Crippen molar-refractivity contribution in [2.75, 3.05) is 0 Å². The number of halogens is 4. The summed E-state index contributed by atoms with van der Waals surface area (Å²) < 4.78 is 41.2. The number of hydrogen-bond acceptors (Lipinski definition) is 2. The van der Waals surface area contributed by atoms with E-state index in [1.54, 1.807) is 0 Å². The fourth-order valence-corrected chi connectivity index (χ4v) is 1.95. The van der Waals surface area contributed by atoms with Gasteiger partial charge in [0.15, 0.2) is 11.6 Å². The Balaban J connectivity index is 2.59. The first-order valence-corrected chi connectivity index (χ1v) is 6.06. The summed E-state index contributed by atoms with van der Waals surface area (Å²) in [5, 5.41) is -0.722. The lowest BCUT2D eigenvalue weighted by molar-refractivity contribution is -0.116. The molecule has 0 N–H and O–H groups in total. The van der Waals surface area contributed by atoms with Crippen LogP contribution in [0.15, 0.2) is 24.4 Å². The van der Waals surface area contributed by atoms with Gasteiger partial charge in [-0.2, -0.15) is 0 Å². The van der Waals surface area contributed by atoms with E-state index in [1.807, 2.05) is 0 Å². The number of ketones is 1. The van der Waals surface area contributed by atoms with Gasteiger partial charge in [0.2, 0.25) is 0 Å². The van der Waals surface area contributed by atoms with Gasteiger partial charge in [-0.15, -0.1) is 0 Å². The zero-order chi connectivity index (χ0) is 14.9.